The van der Waals surface area contributed by atoms with Gasteiger partial charge >= 0.3 is 0 Å². The molecule has 0 spiro atoms. The van der Waals surface area contributed by atoms with Crippen LogP contribution in [0, 0.1) is 17.1 Å². The van der Waals surface area contributed by atoms with Gasteiger partial charge in [0.1, 0.15) is 11.9 Å². The van der Waals surface area contributed by atoms with E-state index in [1.54, 1.807) is 6.07 Å². The lowest BCUT2D eigenvalue weighted by Crippen LogP contribution is -2.42. The van der Waals surface area contributed by atoms with Crippen LogP contribution >= 0.6 is 0 Å². The Morgan fingerprint density at radius 1 is 1.39 bits per heavy atom. The lowest BCUT2D eigenvalue weighted by atomic mass is 9.80. The fourth-order valence-corrected chi connectivity index (χ4v) is 3.90. The molecule has 1 aliphatic rings. The summed E-state index contributed by atoms with van der Waals surface area (Å²) in [5, 5.41) is 9.57. The maximum Gasteiger partial charge on any atom is 0.186 e. The van der Waals surface area contributed by atoms with Gasteiger partial charge in [-0.2, -0.15) is 5.26 Å². The van der Waals surface area contributed by atoms with Crippen molar-refractivity contribution in [1.29, 1.82) is 5.26 Å². The molecule has 1 unspecified atom stereocenters. The van der Waals surface area contributed by atoms with Gasteiger partial charge in [-0.3, -0.25) is 0 Å². The molecule has 96 valence electrons. The average Bonchev–Trinajstić information content (AvgIpc) is 2.26. The van der Waals surface area contributed by atoms with Crippen molar-refractivity contribution < 1.29 is 8.82 Å². The second-order valence-corrected chi connectivity index (χ2v) is 10.2. The molecular formula is C14H18FNOSi. The molecule has 0 heterocycles. The molecule has 0 saturated carbocycles. The zero-order valence-electron chi connectivity index (χ0n) is 11.1. The summed E-state index contributed by atoms with van der Waals surface area (Å²) in [6.45, 7) is 6.22. The lowest BCUT2D eigenvalue weighted by molar-refractivity contribution is 0.0983. The quantitative estimate of drug-likeness (QED) is 0.762. The van der Waals surface area contributed by atoms with E-state index < -0.39 is 13.9 Å². The molecule has 0 fully saturated rings. The number of benzene rings is 1. The van der Waals surface area contributed by atoms with Crippen molar-refractivity contribution in [2.75, 3.05) is 0 Å². The van der Waals surface area contributed by atoms with Gasteiger partial charge in [0, 0.05) is 5.56 Å². The number of rotatable bonds is 2. The van der Waals surface area contributed by atoms with E-state index in [4.69, 9.17) is 4.43 Å². The molecule has 0 N–H and O–H groups in total. The summed E-state index contributed by atoms with van der Waals surface area (Å²) in [5.74, 6) is -0.240. The first-order valence-corrected chi connectivity index (χ1v) is 9.67. The standard InChI is InChI=1S/C14H18FNOSi/c1-18(2,3)17-14(10-16)8-4-5-11-9-12(15)6-7-13(11)14/h6-7,9H,4-5,8H2,1-3H3. The summed E-state index contributed by atoms with van der Waals surface area (Å²) in [4.78, 5) is 0. The molecule has 1 aromatic rings. The Bertz CT molecular complexity index is 503. The number of hydrogen-bond donors (Lipinski definition) is 0. The van der Waals surface area contributed by atoms with Gasteiger partial charge < -0.3 is 4.43 Å². The van der Waals surface area contributed by atoms with E-state index in [1.165, 1.54) is 12.1 Å². The number of fused-ring (bicyclic) bond motifs is 1. The first-order valence-electron chi connectivity index (χ1n) is 6.27. The van der Waals surface area contributed by atoms with Crippen LogP contribution in [0.15, 0.2) is 18.2 Å². The van der Waals surface area contributed by atoms with Gasteiger partial charge in [-0.25, -0.2) is 4.39 Å². The molecule has 1 aliphatic carbocycles. The fraction of sp³-hybridized carbons (Fsp3) is 0.500. The van der Waals surface area contributed by atoms with Crippen molar-refractivity contribution in [3.63, 3.8) is 0 Å². The topological polar surface area (TPSA) is 33.0 Å². The van der Waals surface area contributed by atoms with Crippen LogP contribution in [0.2, 0.25) is 19.6 Å². The van der Waals surface area contributed by atoms with Gasteiger partial charge in [0.05, 0.1) is 0 Å². The molecular weight excluding hydrogens is 245 g/mol. The predicted molar refractivity (Wildman–Crippen MR) is 71.1 cm³/mol. The van der Waals surface area contributed by atoms with Gasteiger partial charge in [-0.15, -0.1) is 0 Å². The molecule has 0 saturated heterocycles. The third kappa shape index (κ3) is 2.47. The first-order chi connectivity index (χ1) is 8.36. The minimum Gasteiger partial charge on any atom is -0.396 e. The number of nitrogens with zero attached hydrogens (tertiary/aromatic N) is 1. The van der Waals surface area contributed by atoms with Gasteiger partial charge in [0.25, 0.3) is 0 Å². The Kier molecular flexibility index (Phi) is 3.30. The molecule has 0 aliphatic heterocycles. The maximum absolute atomic E-state index is 13.3. The van der Waals surface area contributed by atoms with Crippen molar-refractivity contribution in [3.8, 4) is 6.07 Å². The van der Waals surface area contributed by atoms with E-state index in [1.807, 2.05) is 0 Å². The highest BCUT2D eigenvalue weighted by Gasteiger charge is 2.41. The van der Waals surface area contributed by atoms with Crippen LogP contribution in [0.25, 0.3) is 0 Å². The molecule has 2 nitrogen and oxygen atoms in total. The molecule has 1 aromatic carbocycles. The minimum atomic E-state index is -1.84. The van der Waals surface area contributed by atoms with Crippen molar-refractivity contribution >= 4 is 8.32 Å². The first kappa shape index (κ1) is 13.3. The predicted octanol–water partition coefficient (Wildman–Crippen LogP) is 3.73. The van der Waals surface area contributed by atoms with Crippen LogP contribution in [0.5, 0.6) is 0 Å². The van der Waals surface area contributed by atoms with Gasteiger partial charge in [0.2, 0.25) is 0 Å². The van der Waals surface area contributed by atoms with Crippen molar-refractivity contribution in [1.82, 2.24) is 0 Å². The normalized spacial score (nSPS) is 23.3. The lowest BCUT2D eigenvalue weighted by Gasteiger charge is -2.38. The highest BCUT2D eigenvalue weighted by Crippen LogP contribution is 2.40. The van der Waals surface area contributed by atoms with E-state index in [0.717, 1.165) is 24.0 Å². The van der Waals surface area contributed by atoms with E-state index in [0.29, 0.717) is 6.42 Å². The Balaban J connectivity index is 2.50. The Hall–Kier alpha value is -1.18. The average molecular weight is 263 g/mol. The summed E-state index contributed by atoms with van der Waals surface area (Å²) >= 11 is 0. The maximum atomic E-state index is 13.3. The summed E-state index contributed by atoms with van der Waals surface area (Å²) in [6, 6.07) is 7.01. The molecule has 0 radical (unpaired) electrons. The summed E-state index contributed by atoms with van der Waals surface area (Å²) in [5.41, 5.74) is 0.910. The second kappa shape index (κ2) is 4.49. The minimum absolute atomic E-state index is 0.240. The molecule has 18 heavy (non-hydrogen) atoms. The highest BCUT2D eigenvalue weighted by molar-refractivity contribution is 6.69. The van der Waals surface area contributed by atoms with Crippen LogP contribution < -0.4 is 0 Å². The SMILES string of the molecule is C[Si](C)(C)OC1(C#N)CCCc2cc(F)ccc21. The molecule has 0 amide bonds. The smallest absolute Gasteiger partial charge is 0.186 e. The molecule has 1 atom stereocenters. The van der Waals surface area contributed by atoms with E-state index in [9.17, 15) is 9.65 Å². The van der Waals surface area contributed by atoms with Crippen LogP contribution in [-0.2, 0) is 16.4 Å². The van der Waals surface area contributed by atoms with Crippen LogP contribution in [-0.4, -0.2) is 8.32 Å². The third-order valence-electron chi connectivity index (χ3n) is 3.14. The molecule has 0 bridgehead atoms. The molecule has 2 rings (SSSR count). The van der Waals surface area contributed by atoms with Crippen LogP contribution in [0.1, 0.15) is 24.0 Å². The molecule has 0 aromatic heterocycles. The molecule has 4 heteroatoms. The zero-order valence-corrected chi connectivity index (χ0v) is 12.1. The largest absolute Gasteiger partial charge is 0.396 e. The van der Waals surface area contributed by atoms with Crippen LogP contribution in [0.3, 0.4) is 0 Å². The zero-order chi connectivity index (χ0) is 13.4. The van der Waals surface area contributed by atoms with Crippen molar-refractivity contribution in [2.24, 2.45) is 0 Å². The number of nitriles is 1. The summed E-state index contributed by atoms with van der Waals surface area (Å²) < 4.78 is 19.4. The Morgan fingerprint density at radius 3 is 2.72 bits per heavy atom. The van der Waals surface area contributed by atoms with Crippen LogP contribution in [0.4, 0.5) is 4.39 Å². The Labute approximate surface area is 109 Å². The Morgan fingerprint density at radius 2 is 2.11 bits per heavy atom. The van der Waals surface area contributed by atoms with Gasteiger partial charge in [0.15, 0.2) is 13.9 Å². The van der Waals surface area contributed by atoms with E-state index in [-0.39, 0.29) is 5.82 Å². The number of halogens is 1. The van der Waals surface area contributed by atoms with Crippen molar-refractivity contribution in [2.45, 2.75) is 44.5 Å². The van der Waals surface area contributed by atoms with Gasteiger partial charge in [-0.1, -0.05) is 6.07 Å². The van der Waals surface area contributed by atoms with E-state index in [2.05, 4.69) is 25.7 Å². The second-order valence-electron chi connectivity index (χ2n) is 5.81. The van der Waals surface area contributed by atoms with Crippen molar-refractivity contribution in [3.05, 3.63) is 35.1 Å². The highest BCUT2D eigenvalue weighted by atomic mass is 28.4. The fourth-order valence-electron chi connectivity index (χ4n) is 2.59. The third-order valence-corrected chi connectivity index (χ3v) is 4.10. The van der Waals surface area contributed by atoms with Gasteiger partial charge in [-0.05, 0) is 56.6 Å². The monoisotopic (exact) mass is 263 g/mol. The van der Waals surface area contributed by atoms with E-state index >= 15 is 0 Å². The summed E-state index contributed by atoms with van der Waals surface area (Å²) in [6.07, 6.45) is 2.40. The summed E-state index contributed by atoms with van der Waals surface area (Å²) in [7, 11) is -1.84. The number of aryl methyl sites for hydroxylation is 1. The number of hydrogen-bond acceptors (Lipinski definition) is 2.